The monoisotopic (exact) mass is 242 g/mol. The standard InChI is InChI=1S/C13H26N2O2/c1-9(2)6-12(14)13(17)15-8-10-4-3-5-11(16)7-10/h9-12,16H,3-8,14H2,1-2H3,(H,15,17)/t10?,11?,12-/m1/s1. The molecule has 3 atom stereocenters. The summed E-state index contributed by atoms with van der Waals surface area (Å²) in [5.74, 6) is 0.792. The number of hydrogen-bond acceptors (Lipinski definition) is 3. The third-order valence-corrected chi connectivity index (χ3v) is 3.38. The van der Waals surface area contributed by atoms with E-state index in [0.29, 0.717) is 18.4 Å². The molecular formula is C13H26N2O2. The second kappa shape index (κ2) is 6.97. The molecule has 4 heteroatoms. The van der Waals surface area contributed by atoms with Gasteiger partial charge in [0.1, 0.15) is 0 Å². The zero-order valence-electron chi connectivity index (χ0n) is 11.0. The van der Waals surface area contributed by atoms with E-state index < -0.39 is 6.04 Å². The summed E-state index contributed by atoms with van der Waals surface area (Å²) in [5, 5.41) is 12.4. The Balaban J connectivity index is 2.22. The number of carbonyl (C=O) groups is 1. The van der Waals surface area contributed by atoms with E-state index in [1.54, 1.807) is 0 Å². The number of aliphatic hydroxyl groups excluding tert-OH is 1. The van der Waals surface area contributed by atoms with Crippen LogP contribution in [-0.4, -0.2) is 29.7 Å². The van der Waals surface area contributed by atoms with E-state index in [9.17, 15) is 9.90 Å². The molecule has 0 spiro atoms. The maximum Gasteiger partial charge on any atom is 0.236 e. The Kier molecular flexibility index (Phi) is 5.92. The number of nitrogens with one attached hydrogen (secondary N) is 1. The Morgan fingerprint density at radius 2 is 2.18 bits per heavy atom. The number of aliphatic hydroxyl groups is 1. The maximum atomic E-state index is 11.7. The van der Waals surface area contributed by atoms with Gasteiger partial charge in [-0.25, -0.2) is 0 Å². The molecule has 100 valence electrons. The molecule has 1 amide bonds. The van der Waals surface area contributed by atoms with Gasteiger partial charge in [0, 0.05) is 6.54 Å². The Hall–Kier alpha value is -0.610. The first-order valence-corrected chi connectivity index (χ1v) is 6.70. The van der Waals surface area contributed by atoms with Gasteiger partial charge in [-0.15, -0.1) is 0 Å². The minimum atomic E-state index is -0.400. The van der Waals surface area contributed by atoms with Crippen LogP contribution in [0.2, 0.25) is 0 Å². The molecular weight excluding hydrogens is 216 g/mol. The second-order valence-electron chi connectivity index (χ2n) is 5.67. The number of nitrogens with two attached hydrogens (primary N) is 1. The van der Waals surface area contributed by atoms with Crippen LogP contribution in [0, 0.1) is 11.8 Å². The summed E-state index contributed by atoms with van der Waals surface area (Å²) in [6, 6.07) is -0.400. The first kappa shape index (κ1) is 14.5. The average Bonchev–Trinajstić information content (AvgIpc) is 2.25. The van der Waals surface area contributed by atoms with Gasteiger partial charge in [0.15, 0.2) is 0 Å². The number of carbonyl (C=O) groups excluding carboxylic acids is 1. The van der Waals surface area contributed by atoms with Crippen LogP contribution < -0.4 is 11.1 Å². The minimum Gasteiger partial charge on any atom is -0.393 e. The van der Waals surface area contributed by atoms with Gasteiger partial charge in [-0.1, -0.05) is 20.3 Å². The minimum absolute atomic E-state index is 0.0567. The van der Waals surface area contributed by atoms with Crippen molar-refractivity contribution < 1.29 is 9.90 Å². The van der Waals surface area contributed by atoms with Crippen molar-refractivity contribution in [2.24, 2.45) is 17.6 Å². The van der Waals surface area contributed by atoms with Crippen molar-refractivity contribution in [3.8, 4) is 0 Å². The van der Waals surface area contributed by atoms with Gasteiger partial charge in [-0.05, 0) is 37.5 Å². The van der Waals surface area contributed by atoms with Gasteiger partial charge < -0.3 is 16.2 Å². The fourth-order valence-corrected chi connectivity index (χ4v) is 2.44. The zero-order valence-corrected chi connectivity index (χ0v) is 11.0. The van der Waals surface area contributed by atoms with E-state index in [-0.39, 0.29) is 12.0 Å². The molecule has 1 fully saturated rings. The maximum absolute atomic E-state index is 11.7. The lowest BCUT2D eigenvalue weighted by molar-refractivity contribution is -0.123. The predicted molar refractivity (Wildman–Crippen MR) is 68.4 cm³/mol. The Morgan fingerprint density at radius 1 is 1.47 bits per heavy atom. The van der Waals surface area contributed by atoms with Crippen molar-refractivity contribution in [2.75, 3.05) is 6.54 Å². The third kappa shape index (κ3) is 5.50. The average molecular weight is 242 g/mol. The molecule has 0 saturated heterocycles. The quantitative estimate of drug-likeness (QED) is 0.674. The van der Waals surface area contributed by atoms with E-state index in [2.05, 4.69) is 19.2 Å². The SMILES string of the molecule is CC(C)C[C@@H](N)C(=O)NCC1CCCC(O)C1. The number of amides is 1. The highest BCUT2D eigenvalue weighted by Gasteiger charge is 2.21. The smallest absolute Gasteiger partial charge is 0.236 e. The number of rotatable bonds is 5. The van der Waals surface area contributed by atoms with Gasteiger partial charge >= 0.3 is 0 Å². The Labute approximate surface area is 104 Å². The molecule has 0 aromatic carbocycles. The van der Waals surface area contributed by atoms with Crippen molar-refractivity contribution in [3.63, 3.8) is 0 Å². The first-order chi connectivity index (χ1) is 7.99. The highest BCUT2D eigenvalue weighted by atomic mass is 16.3. The third-order valence-electron chi connectivity index (χ3n) is 3.38. The molecule has 4 nitrogen and oxygen atoms in total. The number of hydrogen-bond donors (Lipinski definition) is 3. The fourth-order valence-electron chi connectivity index (χ4n) is 2.44. The second-order valence-corrected chi connectivity index (χ2v) is 5.67. The van der Waals surface area contributed by atoms with Crippen LogP contribution in [-0.2, 0) is 4.79 Å². The normalized spacial score (nSPS) is 26.9. The van der Waals surface area contributed by atoms with Gasteiger partial charge in [0.05, 0.1) is 12.1 Å². The Morgan fingerprint density at radius 3 is 2.76 bits per heavy atom. The molecule has 0 bridgehead atoms. The molecule has 0 radical (unpaired) electrons. The molecule has 17 heavy (non-hydrogen) atoms. The largest absolute Gasteiger partial charge is 0.393 e. The Bertz CT molecular complexity index is 244. The van der Waals surface area contributed by atoms with Gasteiger partial charge in [0.25, 0.3) is 0 Å². The van der Waals surface area contributed by atoms with Gasteiger partial charge in [0.2, 0.25) is 5.91 Å². The summed E-state index contributed by atoms with van der Waals surface area (Å²) in [7, 11) is 0. The summed E-state index contributed by atoms with van der Waals surface area (Å²) in [4.78, 5) is 11.7. The molecule has 4 N–H and O–H groups in total. The lowest BCUT2D eigenvalue weighted by Gasteiger charge is -2.26. The fraction of sp³-hybridized carbons (Fsp3) is 0.923. The van der Waals surface area contributed by atoms with Crippen LogP contribution in [0.4, 0.5) is 0 Å². The van der Waals surface area contributed by atoms with Gasteiger partial charge in [-0.3, -0.25) is 4.79 Å². The van der Waals surface area contributed by atoms with E-state index in [1.165, 1.54) is 0 Å². The molecule has 2 unspecified atom stereocenters. The van der Waals surface area contributed by atoms with E-state index in [1.807, 2.05) is 0 Å². The summed E-state index contributed by atoms with van der Waals surface area (Å²) >= 11 is 0. The lowest BCUT2D eigenvalue weighted by atomic mass is 9.87. The summed E-state index contributed by atoms with van der Waals surface area (Å²) in [6.07, 6.45) is 4.39. The molecule has 0 aliphatic heterocycles. The molecule has 1 saturated carbocycles. The molecule has 0 heterocycles. The first-order valence-electron chi connectivity index (χ1n) is 6.70. The van der Waals surface area contributed by atoms with Crippen LogP contribution in [0.15, 0.2) is 0 Å². The predicted octanol–water partition coefficient (Wildman–Crippen LogP) is 1.03. The van der Waals surface area contributed by atoms with Crippen molar-refractivity contribution in [3.05, 3.63) is 0 Å². The van der Waals surface area contributed by atoms with Crippen molar-refractivity contribution >= 4 is 5.91 Å². The van der Waals surface area contributed by atoms with Crippen LogP contribution >= 0.6 is 0 Å². The molecule has 0 aromatic heterocycles. The highest BCUT2D eigenvalue weighted by Crippen LogP contribution is 2.23. The van der Waals surface area contributed by atoms with E-state index >= 15 is 0 Å². The van der Waals surface area contributed by atoms with E-state index in [4.69, 9.17) is 5.73 Å². The molecule has 1 aliphatic carbocycles. The molecule has 1 rings (SSSR count). The van der Waals surface area contributed by atoms with Crippen LogP contribution in [0.5, 0.6) is 0 Å². The summed E-state index contributed by atoms with van der Waals surface area (Å²) in [5.41, 5.74) is 5.80. The summed E-state index contributed by atoms with van der Waals surface area (Å²) in [6.45, 7) is 4.77. The van der Waals surface area contributed by atoms with Crippen LogP contribution in [0.25, 0.3) is 0 Å². The topological polar surface area (TPSA) is 75.4 Å². The zero-order chi connectivity index (χ0) is 12.8. The van der Waals surface area contributed by atoms with Gasteiger partial charge in [-0.2, -0.15) is 0 Å². The van der Waals surface area contributed by atoms with Crippen molar-refractivity contribution in [1.29, 1.82) is 0 Å². The van der Waals surface area contributed by atoms with Crippen LogP contribution in [0.1, 0.15) is 46.0 Å². The lowest BCUT2D eigenvalue weighted by Crippen LogP contribution is -2.43. The molecule has 1 aliphatic rings. The molecule has 0 aromatic rings. The van der Waals surface area contributed by atoms with Crippen LogP contribution in [0.3, 0.4) is 0 Å². The van der Waals surface area contributed by atoms with Crippen molar-refractivity contribution in [2.45, 2.75) is 58.1 Å². The van der Waals surface area contributed by atoms with Crippen molar-refractivity contribution in [1.82, 2.24) is 5.32 Å². The highest BCUT2D eigenvalue weighted by molar-refractivity contribution is 5.81. The van der Waals surface area contributed by atoms with E-state index in [0.717, 1.165) is 32.1 Å². The summed E-state index contributed by atoms with van der Waals surface area (Å²) < 4.78 is 0.